The molecule has 1 N–H and O–H groups in total. The topological polar surface area (TPSA) is 65.6 Å². The molecular weight excluding hydrogens is 388 g/mol. The quantitative estimate of drug-likeness (QED) is 0.467. The highest BCUT2D eigenvalue weighted by Crippen LogP contribution is 2.43. The predicted octanol–water partition coefficient (Wildman–Crippen LogP) is 5.30. The molecular formula is C22H22N2O4S. The fraction of sp³-hybridized carbons (Fsp3) is 0.227. The number of nitrogens with zero attached hydrogens (tertiary/aromatic N) is 1. The van der Waals surface area contributed by atoms with Crippen LogP contribution in [0, 0.1) is 6.92 Å². The van der Waals surface area contributed by atoms with Crippen LogP contribution in [0.25, 0.3) is 32.0 Å². The van der Waals surface area contributed by atoms with Gasteiger partial charge in [-0.2, -0.15) is 0 Å². The fourth-order valence-electron chi connectivity index (χ4n) is 3.33. The maximum Gasteiger partial charge on any atom is 0.203 e. The van der Waals surface area contributed by atoms with E-state index in [1.807, 2.05) is 37.3 Å². The summed E-state index contributed by atoms with van der Waals surface area (Å²) in [4.78, 5) is 9.35. The Hall–Kier alpha value is -3.19. The summed E-state index contributed by atoms with van der Waals surface area (Å²) < 4.78 is 21.7. The average Bonchev–Trinajstić information content (AvgIpc) is 3.34. The van der Waals surface area contributed by atoms with Gasteiger partial charge in [-0.1, -0.05) is 0 Å². The molecule has 0 spiro atoms. The highest BCUT2D eigenvalue weighted by molar-refractivity contribution is 7.18. The van der Waals surface area contributed by atoms with E-state index in [2.05, 4.69) is 11.1 Å². The molecule has 7 heteroatoms. The molecule has 2 aromatic carbocycles. The molecule has 0 saturated heterocycles. The Balaban J connectivity index is 1.79. The zero-order valence-electron chi connectivity index (χ0n) is 17.0. The molecule has 0 aliphatic heterocycles. The van der Waals surface area contributed by atoms with Gasteiger partial charge in [-0.15, -0.1) is 11.3 Å². The number of benzene rings is 2. The van der Waals surface area contributed by atoms with Crippen molar-refractivity contribution in [3.63, 3.8) is 0 Å². The number of thiazole rings is 1. The summed E-state index contributed by atoms with van der Waals surface area (Å²) in [7, 11) is 6.49. The van der Waals surface area contributed by atoms with Crippen molar-refractivity contribution >= 4 is 22.2 Å². The predicted molar refractivity (Wildman–Crippen MR) is 116 cm³/mol. The molecule has 0 amide bonds. The smallest absolute Gasteiger partial charge is 0.203 e. The second kappa shape index (κ2) is 7.67. The lowest BCUT2D eigenvalue weighted by molar-refractivity contribution is 0.324. The van der Waals surface area contributed by atoms with Gasteiger partial charge in [0.2, 0.25) is 5.75 Å². The van der Waals surface area contributed by atoms with Gasteiger partial charge in [0.25, 0.3) is 0 Å². The number of aromatic nitrogens is 2. The van der Waals surface area contributed by atoms with Crippen molar-refractivity contribution in [3.8, 4) is 44.1 Å². The van der Waals surface area contributed by atoms with Crippen LogP contribution in [0.15, 0.2) is 36.4 Å². The van der Waals surface area contributed by atoms with Crippen LogP contribution in [0.3, 0.4) is 0 Å². The minimum Gasteiger partial charge on any atom is -0.497 e. The Kier molecular flexibility index (Phi) is 5.07. The van der Waals surface area contributed by atoms with Crippen LogP contribution < -0.4 is 18.9 Å². The number of nitrogens with one attached hydrogen (secondary N) is 1. The van der Waals surface area contributed by atoms with Gasteiger partial charge < -0.3 is 23.9 Å². The molecule has 150 valence electrons. The molecule has 0 bridgehead atoms. The number of aryl methyl sites for hydroxylation is 1. The molecule has 0 aliphatic rings. The zero-order chi connectivity index (χ0) is 20.5. The van der Waals surface area contributed by atoms with Crippen molar-refractivity contribution < 1.29 is 18.9 Å². The molecule has 29 heavy (non-hydrogen) atoms. The maximum atomic E-state index is 5.48. The van der Waals surface area contributed by atoms with E-state index in [0.29, 0.717) is 17.2 Å². The average molecular weight is 410 g/mol. The van der Waals surface area contributed by atoms with Gasteiger partial charge >= 0.3 is 0 Å². The van der Waals surface area contributed by atoms with Gasteiger partial charge in [0.05, 0.1) is 44.7 Å². The summed E-state index contributed by atoms with van der Waals surface area (Å²) in [5.74, 6) is 2.61. The summed E-state index contributed by atoms with van der Waals surface area (Å²) in [5.41, 5.74) is 3.96. The number of methoxy groups -OCH3 is 4. The minimum atomic E-state index is 0.566. The Morgan fingerprint density at radius 2 is 1.59 bits per heavy atom. The van der Waals surface area contributed by atoms with Crippen LogP contribution in [0.2, 0.25) is 0 Å². The number of hydrogen-bond acceptors (Lipinski definition) is 6. The van der Waals surface area contributed by atoms with E-state index in [-0.39, 0.29) is 0 Å². The Labute approximate surface area is 173 Å². The van der Waals surface area contributed by atoms with Gasteiger partial charge in [-0.3, -0.25) is 0 Å². The van der Waals surface area contributed by atoms with Gasteiger partial charge in [0.1, 0.15) is 10.8 Å². The summed E-state index contributed by atoms with van der Waals surface area (Å²) in [5, 5.41) is 1.98. The molecule has 0 unspecified atom stereocenters. The van der Waals surface area contributed by atoms with Crippen molar-refractivity contribution in [2.45, 2.75) is 6.92 Å². The van der Waals surface area contributed by atoms with Gasteiger partial charge in [0.15, 0.2) is 11.5 Å². The Bertz CT molecular complexity index is 1150. The normalized spacial score (nSPS) is 10.9. The third kappa shape index (κ3) is 3.38. The summed E-state index contributed by atoms with van der Waals surface area (Å²) in [6.45, 7) is 2.01. The van der Waals surface area contributed by atoms with Crippen molar-refractivity contribution in [1.82, 2.24) is 9.97 Å². The Morgan fingerprint density at radius 3 is 2.21 bits per heavy atom. The first-order valence-electron chi connectivity index (χ1n) is 9.03. The molecule has 0 aliphatic carbocycles. The molecule has 2 heterocycles. The van der Waals surface area contributed by atoms with Crippen LogP contribution in [-0.2, 0) is 0 Å². The second-order valence-corrected chi connectivity index (χ2v) is 7.48. The molecule has 0 radical (unpaired) electrons. The zero-order valence-corrected chi connectivity index (χ0v) is 17.8. The van der Waals surface area contributed by atoms with Gasteiger partial charge in [-0.05, 0) is 43.3 Å². The molecule has 0 fully saturated rings. The largest absolute Gasteiger partial charge is 0.497 e. The lowest BCUT2D eigenvalue weighted by atomic mass is 10.2. The number of H-pyrrole nitrogens is 1. The SMILES string of the molecule is COc1ccc2[nH]c(-c3sc(-c4cc(OC)c(OC)c(OC)c4)nc3C)cc2c1. The van der Waals surface area contributed by atoms with E-state index in [0.717, 1.165) is 43.5 Å². The number of fused-ring (bicyclic) bond motifs is 1. The third-order valence-corrected chi connectivity index (χ3v) is 6.02. The first-order valence-corrected chi connectivity index (χ1v) is 9.84. The van der Waals surface area contributed by atoms with Gasteiger partial charge in [0, 0.05) is 16.5 Å². The molecule has 4 rings (SSSR count). The van der Waals surface area contributed by atoms with Crippen molar-refractivity contribution in [3.05, 3.63) is 42.1 Å². The van der Waals surface area contributed by atoms with Crippen LogP contribution in [0.1, 0.15) is 5.69 Å². The van der Waals surface area contributed by atoms with E-state index in [1.54, 1.807) is 39.8 Å². The first-order chi connectivity index (χ1) is 14.1. The van der Waals surface area contributed by atoms with E-state index >= 15 is 0 Å². The number of aromatic amines is 1. The van der Waals surface area contributed by atoms with Crippen LogP contribution in [0.4, 0.5) is 0 Å². The summed E-state index contributed by atoms with van der Waals surface area (Å²) in [6.07, 6.45) is 0. The van der Waals surface area contributed by atoms with E-state index < -0.39 is 0 Å². The minimum absolute atomic E-state index is 0.566. The number of ether oxygens (including phenoxy) is 4. The highest BCUT2D eigenvalue weighted by atomic mass is 32.1. The molecule has 4 aromatic rings. The van der Waals surface area contributed by atoms with Crippen molar-refractivity contribution in [2.75, 3.05) is 28.4 Å². The molecule has 0 saturated carbocycles. The van der Waals surface area contributed by atoms with Crippen LogP contribution >= 0.6 is 11.3 Å². The van der Waals surface area contributed by atoms with E-state index in [9.17, 15) is 0 Å². The van der Waals surface area contributed by atoms with Crippen molar-refractivity contribution in [2.24, 2.45) is 0 Å². The van der Waals surface area contributed by atoms with Crippen LogP contribution in [0.5, 0.6) is 23.0 Å². The van der Waals surface area contributed by atoms with Crippen LogP contribution in [-0.4, -0.2) is 38.4 Å². The fourth-order valence-corrected chi connectivity index (χ4v) is 4.36. The molecule has 2 aromatic heterocycles. The summed E-state index contributed by atoms with van der Waals surface area (Å²) >= 11 is 1.62. The second-order valence-electron chi connectivity index (χ2n) is 6.48. The number of rotatable bonds is 6. The lowest BCUT2D eigenvalue weighted by Gasteiger charge is -2.13. The third-order valence-electron chi connectivity index (χ3n) is 4.78. The molecule has 6 nitrogen and oxygen atoms in total. The number of hydrogen-bond donors (Lipinski definition) is 1. The monoisotopic (exact) mass is 410 g/mol. The Morgan fingerprint density at radius 1 is 0.862 bits per heavy atom. The first kappa shape index (κ1) is 19.1. The van der Waals surface area contributed by atoms with Crippen molar-refractivity contribution in [1.29, 1.82) is 0 Å². The standard InChI is InChI=1S/C22H22N2O4S/c1-12-21(17-9-13-8-15(25-2)6-7-16(13)24-17)29-22(23-12)14-10-18(26-3)20(28-5)19(11-14)27-4/h6-11,24H,1-5H3. The molecule has 0 atom stereocenters. The summed E-state index contributed by atoms with van der Waals surface area (Å²) in [6, 6.07) is 11.9. The van der Waals surface area contributed by atoms with E-state index in [4.69, 9.17) is 23.9 Å². The maximum absolute atomic E-state index is 5.48. The van der Waals surface area contributed by atoms with Gasteiger partial charge in [-0.25, -0.2) is 4.98 Å². The highest BCUT2D eigenvalue weighted by Gasteiger charge is 2.18. The van der Waals surface area contributed by atoms with E-state index in [1.165, 1.54) is 0 Å². The lowest BCUT2D eigenvalue weighted by Crippen LogP contribution is -1.95.